The molecule has 1 aromatic heterocycles. The summed E-state index contributed by atoms with van der Waals surface area (Å²) in [6.07, 6.45) is 0. The van der Waals surface area contributed by atoms with Gasteiger partial charge in [0.05, 0.1) is 4.88 Å². The van der Waals surface area contributed by atoms with Crippen LogP contribution in [0.15, 0.2) is 17.5 Å². The van der Waals surface area contributed by atoms with E-state index in [4.69, 9.17) is 5.11 Å². The Balaban J connectivity index is 1.94. The second-order valence-corrected chi connectivity index (χ2v) is 4.18. The van der Waals surface area contributed by atoms with Crippen LogP contribution in [-0.2, 0) is 0 Å². The Morgan fingerprint density at radius 3 is 3.00 bits per heavy atom. The first-order valence-corrected chi connectivity index (χ1v) is 5.13. The average Bonchev–Trinajstić information content (AvgIpc) is 2.53. The second-order valence-electron chi connectivity index (χ2n) is 3.24. The van der Waals surface area contributed by atoms with Crippen LogP contribution in [0.2, 0.25) is 0 Å². The molecule has 2 heterocycles. The van der Waals surface area contributed by atoms with E-state index in [0.717, 1.165) is 4.88 Å². The molecule has 3 nitrogen and oxygen atoms in total. The molecule has 2 rings (SSSR count). The predicted molar refractivity (Wildman–Crippen MR) is 50.8 cm³/mol. The molecule has 1 aromatic rings. The summed E-state index contributed by atoms with van der Waals surface area (Å²) in [7, 11) is 0. The van der Waals surface area contributed by atoms with Gasteiger partial charge in [-0.1, -0.05) is 6.07 Å². The van der Waals surface area contributed by atoms with Crippen LogP contribution in [0.5, 0.6) is 0 Å². The maximum atomic E-state index is 11.6. The van der Waals surface area contributed by atoms with Gasteiger partial charge in [0.25, 0.3) is 5.91 Å². The van der Waals surface area contributed by atoms with E-state index in [2.05, 4.69) is 0 Å². The zero-order valence-corrected chi connectivity index (χ0v) is 7.96. The SMILES string of the molecule is O=C(c1cccs1)N1CC(CO)C1. The first kappa shape index (κ1) is 8.72. The van der Waals surface area contributed by atoms with Crippen LogP contribution in [0.1, 0.15) is 9.67 Å². The van der Waals surface area contributed by atoms with E-state index in [9.17, 15) is 4.79 Å². The van der Waals surface area contributed by atoms with Gasteiger partial charge in [0.2, 0.25) is 0 Å². The van der Waals surface area contributed by atoms with E-state index >= 15 is 0 Å². The van der Waals surface area contributed by atoms with Crippen LogP contribution in [0.25, 0.3) is 0 Å². The summed E-state index contributed by atoms with van der Waals surface area (Å²) in [5, 5.41) is 10.7. The average molecular weight is 197 g/mol. The molecule has 1 aliphatic heterocycles. The standard InChI is InChI=1S/C9H11NO2S/c11-6-7-4-10(5-7)9(12)8-2-1-3-13-8/h1-3,7,11H,4-6H2. The Bertz CT molecular complexity index is 291. The third kappa shape index (κ3) is 1.59. The van der Waals surface area contributed by atoms with Gasteiger partial charge in [-0.25, -0.2) is 0 Å². The molecule has 1 fully saturated rings. The summed E-state index contributed by atoms with van der Waals surface area (Å²) in [5.74, 6) is 0.392. The minimum absolute atomic E-state index is 0.0969. The molecule has 0 atom stereocenters. The largest absolute Gasteiger partial charge is 0.396 e. The van der Waals surface area contributed by atoms with Crippen molar-refractivity contribution in [1.29, 1.82) is 0 Å². The molecule has 0 aromatic carbocycles. The molecule has 1 N–H and O–H groups in total. The van der Waals surface area contributed by atoms with Gasteiger partial charge in [0.1, 0.15) is 0 Å². The van der Waals surface area contributed by atoms with Crippen LogP contribution in [-0.4, -0.2) is 35.6 Å². The van der Waals surface area contributed by atoms with Crippen molar-refractivity contribution >= 4 is 17.2 Å². The molecule has 0 bridgehead atoms. The van der Waals surface area contributed by atoms with Crippen molar-refractivity contribution in [3.63, 3.8) is 0 Å². The quantitative estimate of drug-likeness (QED) is 0.762. The predicted octanol–water partition coefficient (Wildman–Crippen LogP) is 0.812. The van der Waals surface area contributed by atoms with E-state index in [-0.39, 0.29) is 12.5 Å². The first-order valence-electron chi connectivity index (χ1n) is 4.25. The highest BCUT2D eigenvalue weighted by atomic mass is 32.1. The second kappa shape index (κ2) is 3.47. The van der Waals surface area contributed by atoms with Crippen LogP contribution in [0.3, 0.4) is 0 Å². The lowest BCUT2D eigenvalue weighted by Crippen LogP contribution is -2.51. The van der Waals surface area contributed by atoms with E-state index in [1.807, 2.05) is 17.5 Å². The number of thiophene rings is 1. The van der Waals surface area contributed by atoms with Crippen molar-refractivity contribution in [3.05, 3.63) is 22.4 Å². The molecule has 13 heavy (non-hydrogen) atoms. The number of carbonyl (C=O) groups is 1. The number of likely N-dealkylation sites (tertiary alicyclic amines) is 1. The molecule has 4 heteroatoms. The zero-order valence-electron chi connectivity index (χ0n) is 7.14. The van der Waals surface area contributed by atoms with Gasteiger partial charge in [0, 0.05) is 25.6 Å². The van der Waals surface area contributed by atoms with E-state index in [0.29, 0.717) is 19.0 Å². The molecule has 0 saturated carbocycles. The number of hydrogen-bond acceptors (Lipinski definition) is 3. The van der Waals surface area contributed by atoms with E-state index in [1.54, 1.807) is 4.90 Å². The summed E-state index contributed by atoms with van der Waals surface area (Å²) >= 11 is 1.46. The van der Waals surface area contributed by atoms with Gasteiger partial charge < -0.3 is 10.0 Å². The zero-order chi connectivity index (χ0) is 9.26. The Kier molecular flexibility index (Phi) is 2.33. The minimum Gasteiger partial charge on any atom is -0.396 e. The number of aliphatic hydroxyl groups excluding tert-OH is 1. The van der Waals surface area contributed by atoms with Gasteiger partial charge in [-0.15, -0.1) is 11.3 Å². The molecule has 1 amide bonds. The Morgan fingerprint density at radius 1 is 1.69 bits per heavy atom. The summed E-state index contributed by atoms with van der Waals surface area (Å²) in [5.41, 5.74) is 0. The lowest BCUT2D eigenvalue weighted by molar-refractivity contribution is 0.0366. The fourth-order valence-electron chi connectivity index (χ4n) is 1.41. The van der Waals surface area contributed by atoms with Crippen molar-refractivity contribution < 1.29 is 9.90 Å². The van der Waals surface area contributed by atoms with Gasteiger partial charge >= 0.3 is 0 Å². The molecular formula is C9H11NO2S. The van der Waals surface area contributed by atoms with Crippen molar-refractivity contribution in [2.75, 3.05) is 19.7 Å². The monoisotopic (exact) mass is 197 g/mol. The van der Waals surface area contributed by atoms with Crippen LogP contribution in [0.4, 0.5) is 0 Å². The van der Waals surface area contributed by atoms with Gasteiger partial charge in [-0.3, -0.25) is 4.79 Å². The molecule has 1 aliphatic rings. The lowest BCUT2D eigenvalue weighted by atomic mass is 10.0. The van der Waals surface area contributed by atoms with Crippen molar-refractivity contribution in [2.45, 2.75) is 0 Å². The Hall–Kier alpha value is -0.870. The van der Waals surface area contributed by atoms with Crippen molar-refractivity contribution in [3.8, 4) is 0 Å². The molecule has 0 radical (unpaired) electrons. The van der Waals surface area contributed by atoms with Gasteiger partial charge in [-0.05, 0) is 11.4 Å². The van der Waals surface area contributed by atoms with Crippen LogP contribution >= 0.6 is 11.3 Å². The molecule has 0 unspecified atom stereocenters. The van der Waals surface area contributed by atoms with Gasteiger partial charge in [0.15, 0.2) is 0 Å². The molecule has 0 spiro atoms. The van der Waals surface area contributed by atoms with Gasteiger partial charge in [-0.2, -0.15) is 0 Å². The van der Waals surface area contributed by atoms with Crippen molar-refractivity contribution in [2.24, 2.45) is 5.92 Å². The highest BCUT2D eigenvalue weighted by molar-refractivity contribution is 7.12. The smallest absolute Gasteiger partial charge is 0.263 e. The van der Waals surface area contributed by atoms with Crippen LogP contribution in [0, 0.1) is 5.92 Å². The molecule has 1 saturated heterocycles. The number of nitrogens with zero attached hydrogens (tertiary/aromatic N) is 1. The molecular weight excluding hydrogens is 186 g/mol. The lowest BCUT2D eigenvalue weighted by Gasteiger charge is -2.37. The summed E-state index contributed by atoms with van der Waals surface area (Å²) in [6, 6.07) is 3.71. The van der Waals surface area contributed by atoms with E-state index in [1.165, 1.54) is 11.3 Å². The third-order valence-electron chi connectivity index (χ3n) is 2.23. The number of aliphatic hydroxyl groups is 1. The normalized spacial score (nSPS) is 17.2. The highest BCUT2D eigenvalue weighted by Crippen LogP contribution is 2.20. The summed E-state index contributed by atoms with van der Waals surface area (Å²) in [4.78, 5) is 14.2. The Morgan fingerprint density at radius 2 is 2.46 bits per heavy atom. The third-order valence-corrected chi connectivity index (χ3v) is 3.09. The highest BCUT2D eigenvalue weighted by Gasteiger charge is 2.30. The maximum Gasteiger partial charge on any atom is 0.263 e. The molecule has 70 valence electrons. The first-order chi connectivity index (χ1) is 6.31. The van der Waals surface area contributed by atoms with Crippen molar-refractivity contribution in [1.82, 2.24) is 4.90 Å². The molecule has 0 aliphatic carbocycles. The topological polar surface area (TPSA) is 40.5 Å². The summed E-state index contributed by atoms with van der Waals surface area (Å²) < 4.78 is 0. The fourth-order valence-corrected chi connectivity index (χ4v) is 2.10. The minimum atomic E-state index is 0.0969. The Labute approximate surface area is 80.6 Å². The van der Waals surface area contributed by atoms with E-state index < -0.39 is 0 Å². The summed E-state index contributed by atoms with van der Waals surface area (Å²) in [6.45, 7) is 1.59. The number of rotatable bonds is 2. The number of hydrogen-bond donors (Lipinski definition) is 1. The maximum absolute atomic E-state index is 11.6. The van der Waals surface area contributed by atoms with Crippen LogP contribution < -0.4 is 0 Å². The number of carbonyl (C=O) groups excluding carboxylic acids is 1. The fraction of sp³-hybridized carbons (Fsp3) is 0.444. The number of amides is 1.